The van der Waals surface area contributed by atoms with Gasteiger partial charge in [-0.3, -0.25) is 4.99 Å². The first-order chi connectivity index (χ1) is 12.1. The number of guanidine groups is 1. The first kappa shape index (κ1) is 17.5. The summed E-state index contributed by atoms with van der Waals surface area (Å²) in [7, 11) is 1.85. The van der Waals surface area contributed by atoms with Gasteiger partial charge in [0.1, 0.15) is 5.76 Å². The molecule has 136 valence electrons. The minimum absolute atomic E-state index is 0.428. The van der Waals surface area contributed by atoms with Crippen molar-refractivity contribution in [2.24, 2.45) is 10.9 Å². The molecule has 3 heterocycles. The van der Waals surface area contributed by atoms with Crippen molar-refractivity contribution in [3.05, 3.63) is 35.7 Å². The Balaban J connectivity index is 1.59. The highest BCUT2D eigenvalue weighted by Crippen LogP contribution is 2.27. The number of imidazole rings is 1. The molecular formula is C18H28N6O. The minimum atomic E-state index is 0.428. The Morgan fingerprint density at radius 2 is 2.28 bits per heavy atom. The van der Waals surface area contributed by atoms with E-state index < -0.39 is 0 Å². The molecule has 1 aliphatic heterocycles. The number of piperidine rings is 1. The van der Waals surface area contributed by atoms with Gasteiger partial charge in [0.05, 0.1) is 18.1 Å². The van der Waals surface area contributed by atoms with E-state index in [9.17, 15) is 0 Å². The molecule has 2 atom stereocenters. The number of likely N-dealkylation sites (tertiary alicyclic amines) is 1. The predicted molar refractivity (Wildman–Crippen MR) is 97.7 cm³/mol. The molecule has 0 saturated carbocycles. The molecular weight excluding hydrogens is 316 g/mol. The molecule has 25 heavy (non-hydrogen) atoms. The van der Waals surface area contributed by atoms with Crippen LogP contribution < -0.4 is 5.32 Å². The van der Waals surface area contributed by atoms with Gasteiger partial charge >= 0.3 is 0 Å². The molecule has 0 radical (unpaired) electrons. The van der Waals surface area contributed by atoms with Crippen LogP contribution in [0, 0.1) is 19.8 Å². The Kier molecular flexibility index (Phi) is 5.40. The lowest BCUT2D eigenvalue weighted by Crippen LogP contribution is -2.49. The van der Waals surface area contributed by atoms with Crippen LogP contribution in [0.2, 0.25) is 0 Å². The van der Waals surface area contributed by atoms with Crippen LogP contribution in [0.15, 0.2) is 28.2 Å². The van der Waals surface area contributed by atoms with Gasteiger partial charge in [0.25, 0.3) is 0 Å². The van der Waals surface area contributed by atoms with Gasteiger partial charge in [-0.2, -0.15) is 0 Å². The van der Waals surface area contributed by atoms with Crippen LogP contribution in [-0.4, -0.2) is 52.2 Å². The molecule has 2 unspecified atom stereocenters. The summed E-state index contributed by atoms with van der Waals surface area (Å²) in [4.78, 5) is 11.0. The highest BCUT2D eigenvalue weighted by molar-refractivity contribution is 5.80. The monoisotopic (exact) mass is 344 g/mol. The molecule has 1 N–H and O–H groups in total. The number of hydrogen-bond donors (Lipinski definition) is 1. The van der Waals surface area contributed by atoms with E-state index in [1.165, 1.54) is 5.56 Å². The van der Waals surface area contributed by atoms with E-state index in [-0.39, 0.29) is 0 Å². The molecule has 1 aliphatic rings. The largest absolute Gasteiger partial charge is 0.361 e. The quantitative estimate of drug-likeness (QED) is 0.680. The summed E-state index contributed by atoms with van der Waals surface area (Å²) in [6.07, 6.45) is 7.85. The molecule has 0 bridgehead atoms. The Morgan fingerprint density at radius 1 is 1.44 bits per heavy atom. The fourth-order valence-corrected chi connectivity index (χ4v) is 3.59. The van der Waals surface area contributed by atoms with Gasteiger partial charge < -0.3 is 19.3 Å². The van der Waals surface area contributed by atoms with Crippen molar-refractivity contribution >= 4 is 5.96 Å². The zero-order valence-corrected chi connectivity index (χ0v) is 15.6. The second kappa shape index (κ2) is 7.72. The minimum Gasteiger partial charge on any atom is -0.361 e. The number of nitrogens with one attached hydrogen (secondary N) is 1. The number of aromatic nitrogens is 3. The molecule has 0 aliphatic carbocycles. The molecule has 0 aromatic carbocycles. The first-order valence-electron chi connectivity index (χ1n) is 8.95. The Bertz CT molecular complexity index is 686. The lowest BCUT2D eigenvalue weighted by atomic mass is 9.93. The zero-order valence-electron chi connectivity index (χ0n) is 15.6. The van der Waals surface area contributed by atoms with Crippen LogP contribution in [0.1, 0.15) is 36.4 Å². The highest BCUT2D eigenvalue weighted by Gasteiger charge is 2.28. The summed E-state index contributed by atoms with van der Waals surface area (Å²) in [6.45, 7) is 9.06. The first-order valence-corrected chi connectivity index (χ1v) is 8.95. The predicted octanol–water partition coefficient (Wildman–Crippen LogP) is 2.19. The average Bonchev–Trinajstić information content (AvgIpc) is 3.24. The van der Waals surface area contributed by atoms with Crippen molar-refractivity contribution in [2.45, 2.75) is 39.7 Å². The maximum atomic E-state index is 5.24. The molecule has 0 spiro atoms. The molecule has 1 fully saturated rings. The third-order valence-corrected chi connectivity index (χ3v) is 5.18. The number of rotatable bonds is 4. The smallest absolute Gasteiger partial charge is 0.193 e. The summed E-state index contributed by atoms with van der Waals surface area (Å²) >= 11 is 0. The van der Waals surface area contributed by atoms with Gasteiger partial charge in [-0.25, -0.2) is 4.98 Å². The molecule has 2 aromatic rings. The van der Waals surface area contributed by atoms with E-state index >= 15 is 0 Å². The normalized spacial score (nSPS) is 21.6. The van der Waals surface area contributed by atoms with E-state index in [0.717, 1.165) is 49.9 Å². The maximum absolute atomic E-state index is 5.24. The van der Waals surface area contributed by atoms with Crippen LogP contribution in [0.4, 0.5) is 0 Å². The van der Waals surface area contributed by atoms with Gasteiger partial charge in [-0.1, -0.05) is 12.1 Å². The SMILES string of the molecule is CN=C(NCCc1c(C)noc1C)N1CCC(C)C(n2ccnc2)C1. The third kappa shape index (κ3) is 3.86. The number of aryl methyl sites for hydroxylation is 2. The lowest BCUT2D eigenvalue weighted by Gasteiger charge is -2.39. The van der Waals surface area contributed by atoms with Crippen LogP contribution in [0.3, 0.4) is 0 Å². The highest BCUT2D eigenvalue weighted by atomic mass is 16.5. The van der Waals surface area contributed by atoms with Crippen molar-refractivity contribution in [3.8, 4) is 0 Å². The van der Waals surface area contributed by atoms with E-state index in [1.54, 1.807) is 0 Å². The van der Waals surface area contributed by atoms with Gasteiger partial charge in [-0.15, -0.1) is 0 Å². The molecule has 1 saturated heterocycles. The standard InChI is InChI=1S/C18H28N6O/c1-13-6-9-23(11-17(13)24-10-8-20-12-24)18(19-4)21-7-5-16-14(2)22-25-15(16)3/h8,10,12-13,17H,5-7,9,11H2,1-4H3,(H,19,21). The van der Waals surface area contributed by atoms with Crippen molar-refractivity contribution in [2.75, 3.05) is 26.7 Å². The molecule has 2 aromatic heterocycles. The van der Waals surface area contributed by atoms with Gasteiger partial charge in [0.2, 0.25) is 0 Å². The van der Waals surface area contributed by atoms with Gasteiger partial charge in [-0.05, 0) is 32.6 Å². The molecule has 0 amide bonds. The van der Waals surface area contributed by atoms with Crippen LogP contribution >= 0.6 is 0 Å². The Morgan fingerprint density at radius 3 is 2.92 bits per heavy atom. The number of nitrogens with zero attached hydrogens (tertiary/aromatic N) is 5. The van der Waals surface area contributed by atoms with Crippen molar-refractivity contribution < 1.29 is 4.52 Å². The summed E-state index contributed by atoms with van der Waals surface area (Å²) in [6, 6.07) is 0.428. The second-order valence-electron chi connectivity index (χ2n) is 6.82. The maximum Gasteiger partial charge on any atom is 0.193 e. The third-order valence-electron chi connectivity index (χ3n) is 5.18. The van der Waals surface area contributed by atoms with Gasteiger partial charge in [0.15, 0.2) is 5.96 Å². The number of hydrogen-bond acceptors (Lipinski definition) is 4. The molecule has 7 nitrogen and oxygen atoms in total. The van der Waals surface area contributed by atoms with Crippen LogP contribution in [0.5, 0.6) is 0 Å². The summed E-state index contributed by atoms with van der Waals surface area (Å²) < 4.78 is 7.45. The summed E-state index contributed by atoms with van der Waals surface area (Å²) in [5.41, 5.74) is 2.16. The molecule has 3 rings (SSSR count). The van der Waals surface area contributed by atoms with Crippen molar-refractivity contribution in [1.29, 1.82) is 0 Å². The van der Waals surface area contributed by atoms with Gasteiger partial charge in [0, 0.05) is 44.6 Å². The summed E-state index contributed by atoms with van der Waals surface area (Å²) in [5, 5.41) is 7.51. The fourth-order valence-electron chi connectivity index (χ4n) is 3.59. The summed E-state index contributed by atoms with van der Waals surface area (Å²) in [5.74, 6) is 2.50. The lowest BCUT2D eigenvalue weighted by molar-refractivity contribution is 0.189. The topological polar surface area (TPSA) is 71.5 Å². The zero-order chi connectivity index (χ0) is 17.8. The Hall–Kier alpha value is -2.31. The van der Waals surface area contributed by atoms with Crippen LogP contribution in [-0.2, 0) is 6.42 Å². The number of aliphatic imine (C=N–C) groups is 1. The van der Waals surface area contributed by atoms with E-state index in [0.29, 0.717) is 12.0 Å². The second-order valence-corrected chi connectivity index (χ2v) is 6.82. The van der Waals surface area contributed by atoms with Crippen LogP contribution in [0.25, 0.3) is 0 Å². The van der Waals surface area contributed by atoms with Crippen molar-refractivity contribution in [1.82, 2.24) is 24.9 Å². The van der Waals surface area contributed by atoms with E-state index in [1.807, 2.05) is 33.4 Å². The molecule has 7 heteroatoms. The Labute approximate surface area is 149 Å². The average molecular weight is 344 g/mol. The van der Waals surface area contributed by atoms with Crippen molar-refractivity contribution in [3.63, 3.8) is 0 Å². The fraction of sp³-hybridized carbons (Fsp3) is 0.611. The van der Waals surface area contributed by atoms with E-state index in [2.05, 4.69) is 43.0 Å². The van der Waals surface area contributed by atoms with E-state index in [4.69, 9.17) is 4.52 Å².